The first kappa shape index (κ1) is 12.6. The Morgan fingerprint density at radius 3 is 2.69 bits per heavy atom. The molecule has 2 atom stereocenters. The van der Waals surface area contributed by atoms with E-state index < -0.39 is 9.05 Å². The van der Waals surface area contributed by atoms with Crippen molar-refractivity contribution in [1.82, 2.24) is 0 Å². The van der Waals surface area contributed by atoms with Gasteiger partial charge in [-0.25, -0.2) is 8.42 Å². The average molecular weight is 269 g/mol. The van der Waals surface area contributed by atoms with Crippen molar-refractivity contribution in [2.45, 2.75) is 31.8 Å². The molecule has 2 saturated heterocycles. The highest BCUT2D eigenvalue weighted by Gasteiger charge is 2.45. The summed E-state index contributed by atoms with van der Waals surface area (Å²) in [6.45, 7) is 2.10. The van der Waals surface area contributed by atoms with Crippen molar-refractivity contribution in [3.05, 3.63) is 0 Å². The summed E-state index contributed by atoms with van der Waals surface area (Å²) in [7, 11) is 1.83. The number of rotatable bonds is 2. The molecule has 0 amide bonds. The van der Waals surface area contributed by atoms with Crippen LogP contribution in [0, 0.1) is 5.41 Å². The predicted octanol–water partition coefficient (Wildman–Crippen LogP) is 1.53. The number of halogens is 1. The molecule has 16 heavy (non-hydrogen) atoms. The normalized spacial score (nSPS) is 36.4. The highest BCUT2D eigenvalue weighted by molar-refractivity contribution is 8.13. The second-order valence-electron chi connectivity index (χ2n) is 4.64. The molecular formula is C10H17ClO4S. The van der Waals surface area contributed by atoms with Crippen LogP contribution >= 0.6 is 10.7 Å². The van der Waals surface area contributed by atoms with Gasteiger partial charge >= 0.3 is 0 Å². The molecule has 2 rings (SSSR count). The van der Waals surface area contributed by atoms with Gasteiger partial charge in [0.1, 0.15) is 0 Å². The third-order valence-corrected chi connectivity index (χ3v) is 4.74. The molecule has 1 spiro atoms. The van der Waals surface area contributed by atoms with E-state index in [1.165, 1.54) is 0 Å². The summed E-state index contributed by atoms with van der Waals surface area (Å²) in [6, 6.07) is 0. The lowest BCUT2D eigenvalue weighted by atomic mass is 9.75. The van der Waals surface area contributed by atoms with Crippen LogP contribution in [-0.4, -0.2) is 40.1 Å². The molecule has 0 aromatic rings. The van der Waals surface area contributed by atoms with E-state index in [1.807, 2.05) is 0 Å². The molecule has 2 fully saturated rings. The van der Waals surface area contributed by atoms with Crippen LogP contribution in [0.25, 0.3) is 0 Å². The fourth-order valence-electron chi connectivity index (χ4n) is 2.75. The van der Waals surface area contributed by atoms with Crippen molar-refractivity contribution in [2.24, 2.45) is 5.41 Å². The summed E-state index contributed by atoms with van der Waals surface area (Å²) in [4.78, 5) is 0. The Kier molecular flexibility index (Phi) is 3.79. The van der Waals surface area contributed by atoms with Gasteiger partial charge in [0.15, 0.2) is 0 Å². The van der Waals surface area contributed by atoms with Gasteiger partial charge in [-0.1, -0.05) is 0 Å². The maximum Gasteiger partial charge on any atom is 0.235 e. The van der Waals surface area contributed by atoms with Gasteiger partial charge in [-0.05, 0) is 25.7 Å². The minimum Gasteiger partial charge on any atom is -0.381 e. The molecule has 0 bridgehead atoms. The van der Waals surface area contributed by atoms with Crippen LogP contribution in [-0.2, 0) is 18.5 Å². The third-order valence-electron chi connectivity index (χ3n) is 3.66. The number of hydrogen-bond acceptors (Lipinski definition) is 4. The Morgan fingerprint density at radius 2 is 1.94 bits per heavy atom. The molecular weight excluding hydrogens is 252 g/mol. The molecule has 0 aliphatic carbocycles. The van der Waals surface area contributed by atoms with Crippen LogP contribution in [0.1, 0.15) is 25.7 Å². The minimum absolute atomic E-state index is 0.0293. The van der Waals surface area contributed by atoms with Gasteiger partial charge in [-0.3, -0.25) is 0 Å². The lowest BCUT2D eigenvalue weighted by Crippen LogP contribution is -2.35. The highest BCUT2D eigenvalue weighted by Crippen LogP contribution is 2.44. The molecule has 2 heterocycles. The van der Waals surface area contributed by atoms with Crippen molar-refractivity contribution in [3.8, 4) is 0 Å². The summed E-state index contributed by atoms with van der Waals surface area (Å²) >= 11 is 0. The molecule has 0 aromatic heterocycles. The zero-order valence-corrected chi connectivity index (χ0v) is 10.7. The Morgan fingerprint density at radius 1 is 1.19 bits per heavy atom. The molecule has 4 nitrogen and oxygen atoms in total. The molecule has 0 radical (unpaired) electrons. The topological polar surface area (TPSA) is 52.6 Å². The van der Waals surface area contributed by atoms with E-state index in [0.29, 0.717) is 13.2 Å². The Labute approximate surface area is 101 Å². The monoisotopic (exact) mass is 268 g/mol. The smallest absolute Gasteiger partial charge is 0.235 e. The maximum atomic E-state index is 11.2. The Bertz CT molecular complexity index is 333. The second-order valence-corrected chi connectivity index (χ2v) is 7.46. The first-order valence-electron chi connectivity index (χ1n) is 5.64. The zero-order chi connectivity index (χ0) is 11.6. The zero-order valence-electron chi connectivity index (χ0n) is 9.15. The Balaban J connectivity index is 2.11. The summed E-state index contributed by atoms with van der Waals surface area (Å²) in [5.74, 6) is -0.0748. The van der Waals surface area contributed by atoms with Gasteiger partial charge < -0.3 is 9.47 Å². The molecule has 0 aromatic carbocycles. The van der Waals surface area contributed by atoms with Gasteiger partial charge in [0.05, 0.1) is 11.9 Å². The van der Waals surface area contributed by atoms with E-state index in [9.17, 15) is 8.42 Å². The van der Waals surface area contributed by atoms with Crippen molar-refractivity contribution >= 4 is 19.7 Å². The van der Waals surface area contributed by atoms with Gasteiger partial charge in [0, 0.05) is 35.9 Å². The molecule has 6 heteroatoms. The maximum absolute atomic E-state index is 11.2. The minimum atomic E-state index is -3.49. The van der Waals surface area contributed by atoms with Gasteiger partial charge in [-0.15, -0.1) is 0 Å². The largest absolute Gasteiger partial charge is 0.381 e. The summed E-state index contributed by atoms with van der Waals surface area (Å²) < 4.78 is 33.3. The van der Waals surface area contributed by atoms with Crippen LogP contribution in [0.4, 0.5) is 0 Å². The van der Waals surface area contributed by atoms with Crippen molar-refractivity contribution in [1.29, 1.82) is 0 Å². The van der Waals surface area contributed by atoms with Gasteiger partial charge in [0.2, 0.25) is 9.05 Å². The highest BCUT2D eigenvalue weighted by atomic mass is 35.7. The van der Waals surface area contributed by atoms with E-state index in [1.54, 1.807) is 0 Å². The SMILES string of the molecule is O=S(=O)(Cl)CC1OCCC12CCCOCC2. The molecule has 0 N–H and O–H groups in total. The summed E-state index contributed by atoms with van der Waals surface area (Å²) in [6.07, 6.45) is 3.50. The predicted molar refractivity (Wildman–Crippen MR) is 61.1 cm³/mol. The molecule has 2 aliphatic heterocycles. The molecule has 94 valence electrons. The quantitative estimate of drug-likeness (QED) is 0.713. The third kappa shape index (κ3) is 2.88. The van der Waals surface area contributed by atoms with Crippen LogP contribution in [0.15, 0.2) is 0 Å². The fraction of sp³-hybridized carbons (Fsp3) is 1.00. The fourth-order valence-corrected chi connectivity index (χ4v) is 3.90. The average Bonchev–Trinajstić information content (AvgIpc) is 2.42. The van der Waals surface area contributed by atoms with Crippen LogP contribution < -0.4 is 0 Å². The van der Waals surface area contributed by atoms with Crippen molar-refractivity contribution in [2.75, 3.05) is 25.6 Å². The van der Waals surface area contributed by atoms with Crippen molar-refractivity contribution < 1.29 is 17.9 Å². The van der Waals surface area contributed by atoms with E-state index in [4.69, 9.17) is 20.2 Å². The number of ether oxygens (including phenoxy) is 2. The standard InChI is InChI=1S/C10H17ClO4S/c11-16(12,13)8-9-10(4-7-15-9)2-1-5-14-6-3-10/h9H,1-8H2. The summed E-state index contributed by atoms with van der Waals surface area (Å²) in [5, 5.41) is 0. The van der Waals surface area contributed by atoms with Crippen LogP contribution in [0.3, 0.4) is 0 Å². The molecule has 2 aliphatic rings. The lowest BCUT2D eigenvalue weighted by molar-refractivity contribution is 0.0523. The van der Waals surface area contributed by atoms with E-state index in [0.717, 1.165) is 32.3 Å². The van der Waals surface area contributed by atoms with Crippen molar-refractivity contribution in [3.63, 3.8) is 0 Å². The molecule has 2 unspecified atom stereocenters. The van der Waals surface area contributed by atoms with E-state index in [2.05, 4.69) is 0 Å². The Hall–Kier alpha value is 0.160. The summed E-state index contributed by atoms with van der Waals surface area (Å²) in [5.41, 5.74) is -0.0293. The number of hydrogen-bond donors (Lipinski definition) is 0. The molecule has 0 saturated carbocycles. The van der Waals surface area contributed by atoms with Gasteiger partial charge in [-0.2, -0.15) is 0 Å². The first-order chi connectivity index (χ1) is 7.52. The van der Waals surface area contributed by atoms with Crippen LogP contribution in [0.2, 0.25) is 0 Å². The van der Waals surface area contributed by atoms with Gasteiger partial charge in [0.25, 0.3) is 0 Å². The lowest BCUT2D eigenvalue weighted by Gasteiger charge is -2.31. The van der Waals surface area contributed by atoms with Crippen LogP contribution in [0.5, 0.6) is 0 Å². The second kappa shape index (κ2) is 4.80. The van der Waals surface area contributed by atoms with E-state index in [-0.39, 0.29) is 17.3 Å². The van der Waals surface area contributed by atoms with E-state index >= 15 is 0 Å². The first-order valence-corrected chi connectivity index (χ1v) is 8.11.